The van der Waals surface area contributed by atoms with E-state index >= 15 is 0 Å². The number of nitrogens with zero attached hydrogens (tertiary/aromatic N) is 1. The van der Waals surface area contributed by atoms with E-state index in [0.717, 1.165) is 12.1 Å². The molecule has 0 fully saturated rings. The second-order valence-electron chi connectivity index (χ2n) is 3.99. The van der Waals surface area contributed by atoms with Gasteiger partial charge >= 0.3 is 0 Å². The molecule has 1 rings (SSSR count). The van der Waals surface area contributed by atoms with Crippen LogP contribution in [0.5, 0.6) is 0 Å². The molecule has 0 aromatic heterocycles. The predicted octanol–water partition coefficient (Wildman–Crippen LogP) is 2.33. The van der Waals surface area contributed by atoms with Gasteiger partial charge in [0.05, 0.1) is 6.54 Å². The molecule has 0 heterocycles. The highest BCUT2D eigenvalue weighted by molar-refractivity contribution is 9.10. The van der Waals surface area contributed by atoms with Gasteiger partial charge in [-0.3, -0.25) is 9.59 Å². The highest BCUT2D eigenvalue weighted by Crippen LogP contribution is 2.19. The van der Waals surface area contributed by atoms with Crippen molar-refractivity contribution in [2.24, 2.45) is 0 Å². The number of amides is 2. The summed E-state index contributed by atoms with van der Waals surface area (Å²) in [5.41, 5.74) is -0.694. The Bertz CT molecular complexity index is 496. The van der Waals surface area contributed by atoms with Crippen molar-refractivity contribution in [2.45, 2.75) is 13.8 Å². The molecule has 0 bridgehead atoms. The molecule has 4 nitrogen and oxygen atoms in total. The van der Waals surface area contributed by atoms with Gasteiger partial charge in [0.2, 0.25) is 5.91 Å². The number of nitrogens with one attached hydrogen (secondary N) is 1. The van der Waals surface area contributed by atoms with Gasteiger partial charge in [0, 0.05) is 17.6 Å². The number of halogens is 3. The second-order valence-corrected chi connectivity index (χ2v) is 4.91. The molecule has 0 aliphatic heterocycles. The third-order valence-corrected chi connectivity index (χ3v) is 3.21. The molecule has 0 radical (unpaired) electrons. The molecule has 0 aliphatic rings. The van der Waals surface area contributed by atoms with E-state index in [2.05, 4.69) is 21.2 Å². The maximum absolute atomic E-state index is 13.6. The Balaban J connectivity index is 2.76. The monoisotopic (exact) mass is 348 g/mol. The molecule has 0 spiro atoms. The lowest BCUT2D eigenvalue weighted by Gasteiger charge is -2.18. The lowest BCUT2D eigenvalue weighted by atomic mass is 10.2. The largest absolute Gasteiger partial charge is 0.343 e. The zero-order valence-corrected chi connectivity index (χ0v) is 12.8. The third kappa shape index (κ3) is 4.00. The van der Waals surface area contributed by atoms with Gasteiger partial charge < -0.3 is 10.2 Å². The highest BCUT2D eigenvalue weighted by Gasteiger charge is 2.19. The van der Waals surface area contributed by atoms with Crippen LogP contribution >= 0.6 is 15.9 Å². The number of rotatable bonds is 5. The van der Waals surface area contributed by atoms with Gasteiger partial charge in [-0.25, -0.2) is 8.78 Å². The molecule has 1 aromatic rings. The first-order valence-corrected chi connectivity index (χ1v) is 6.90. The van der Waals surface area contributed by atoms with Crippen LogP contribution in [0.2, 0.25) is 0 Å². The van der Waals surface area contributed by atoms with E-state index in [4.69, 9.17) is 0 Å². The number of likely N-dealkylation sites (N-methyl/N-ethyl adjacent to an activating group) is 1. The van der Waals surface area contributed by atoms with E-state index in [1.165, 1.54) is 4.90 Å². The first-order valence-electron chi connectivity index (χ1n) is 6.11. The van der Waals surface area contributed by atoms with Crippen LogP contribution in [-0.2, 0) is 4.79 Å². The normalized spacial score (nSPS) is 10.2. The zero-order chi connectivity index (χ0) is 15.3. The number of hydrogen-bond acceptors (Lipinski definition) is 2. The third-order valence-electron chi connectivity index (χ3n) is 2.75. The van der Waals surface area contributed by atoms with Gasteiger partial charge in [0.25, 0.3) is 5.91 Å². The van der Waals surface area contributed by atoms with E-state index in [-0.39, 0.29) is 16.9 Å². The van der Waals surface area contributed by atoms with Crippen molar-refractivity contribution >= 4 is 27.7 Å². The van der Waals surface area contributed by atoms with Gasteiger partial charge in [0.1, 0.15) is 17.2 Å². The number of carbonyl (C=O) groups is 2. The second kappa shape index (κ2) is 7.33. The van der Waals surface area contributed by atoms with Crippen LogP contribution in [0.4, 0.5) is 8.78 Å². The fraction of sp³-hybridized carbons (Fsp3) is 0.385. The Morgan fingerprint density at radius 1 is 1.20 bits per heavy atom. The SMILES string of the molecule is CCN(CC)C(=O)CNC(=O)c1c(F)cc(Br)cc1F. The molecular weight excluding hydrogens is 334 g/mol. The number of hydrogen-bond donors (Lipinski definition) is 1. The van der Waals surface area contributed by atoms with Crippen LogP contribution in [0.15, 0.2) is 16.6 Å². The Morgan fingerprint density at radius 3 is 2.15 bits per heavy atom. The molecule has 1 N–H and O–H groups in total. The standard InChI is InChI=1S/C13H15BrF2N2O2/c1-3-18(4-2)11(19)7-17-13(20)12-9(15)5-8(14)6-10(12)16/h5-6H,3-4,7H2,1-2H3,(H,17,20). The molecule has 0 unspecified atom stereocenters. The average molecular weight is 349 g/mol. The summed E-state index contributed by atoms with van der Waals surface area (Å²) >= 11 is 2.92. The van der Waals surface area contributed by atoms with Crippen molar-refractivity contribution < 1.29 is 18.4 Å². The Kier molecular flexibility index (Phi) is 6.06. The van der Waals surface area contributed by atoms with Gasteiger partial charge in [-0.15, -0.1) is 0 Å². The van der Waals surface area contributed by atoms with Crippen molar-refractivity contribution in [2.75, 3.05) is 19.6 Å². The number of carbonyl (C=O) groups excluding carboxylic acids is 2. The molecule has 0 atom stereocenters. The summed E-state index contributed by atoms with van der Waals surface area (Å²) < 4.78 is 27.3. The van der Waals surface area contributed by atoms with Crippen molar-refractivity contribution in [3.05, 3.63) is 33.8 Å². The molecule has 7 heteroatoms. The van der Waals surface area contributed by atoms with E-state index in [1.807, 2.05) is 0 Å². The first-order chi connectivity index (χ1) is 9.40. The summed E-state index contributed by atoms with van der Waals surface area (Å²) in [6.07, 6.45) is 0. The summed E-state index contributed by atoms with van der Waals surface area (Å²) in [5.74, 6) is -3.22. The molecule has 1 aromatic carbocycles. The number of benzene rings is 1. The van der Waals surface area contributed by atoms with Gasteiger partial charge in [0.15, 0.2) is 0 Å². The molecule has 110 valence electrons. The van der Waals surface area contributed by atoms with Crippen LogP contribution in [-0.4, -0.2) is 36.3 Å². The van der Waals surface area contributed by atoms with Gasteiger partial charge in [-0.05, 0) is 26.0 Å². The minimum absolute atomic E-state index is 0.197. The van der Waals surface area contributed by atoms with Crippen LogP contribution in [0.1, 0.15) is 24.2 Å². The van der Waals surface area contributed by atoms with Gasteiger partial charge in [-0.2, -0.15) is 0 Å². The summed E-state index contributed by atoms with van der Waals surface area (Å²) in [6.45, 7) is 4.32. The highest BCUT2D eigenvalue weighted by atomic mass is 79.9. The van der Waals surface area contributed by atoms with E-state index in [9.17, 15) is 18.4 Å². The molecule has 0 saturated heterocycles. The predicted molar refractivity (Wildman–Crippen MR) is 74.3 cm³/mol. The van der Waals surface area contributed by atoms with E-state index in [0.29, 0.717) is 13.1 Å². The lowest BCUT2D eigenvalue weighted by molar-refractivity contribution is -0.129. The lowest BCUT2D eigenvalue weighted by Crippen LogP contribution is -2.40. The maximum atomic E-state index is 13.6. The van der Waals surface area contributed by atoms with Crippen LogP contribution in [0.3, 0.4) is 0 Å². The minimum atomic E-state index is -0.982. The zero-order valence-electron chi connectivity index (χ0n) is 11.2. The smallest absolute Gasteiger partial charge is 0.257 e. The molecule has 0 saturated carbocycles. The van der Waals surface area contributed by atoms with E-state index in [1.54, 1.807) is 13.8 Å². The summed E-state index contributed by atoms with van der Waals surface area (Å²) in [7, 11) is 0. The summed E-state index contributed by atoms with van der Waals surface area (Å²) in [6, 6.07) is 1.98. The van der Waals surface area contributed by atoms with Crippen LogP contribution in [0.25, 0.3) is 0 Å². The van der Waals surface area contributed by atoms with Crippen molar-refractivity contribution in [1.29, 1.82) is 0 Å². The molecular formula is C13H15BrF2N2O2. The van der Waals surface area contributed by atoms with Crippen molar-refractivity contribution in [1.82, 2.24) is 10.2 Å². The Morgan fingerprint density at radius 2 is 1.70 bits per heavy atom. The first kappa shape index (κ1) is 16.6. The molecule has 20 heavy (non-hydrogen) atoms. The summed E-state index contributed by atoms with van der Waals surface area (Å²) in [5, 5.41) is 2.22. The van der Waals surface area contributed by atoms with Crippen molar-refractivity contribution in [3.8, 4) is 0 Å². The van der Waals surface area contributed by atoms with Gasteiger partial charge in [-0.1, -0.05) is 15.9 Å². The van der Waals surface area contributed by atoms with E-state index < -0.39 is 23.1 Å². The van der Waals surface area contributed by atoms with Crippen molar-refractivity contribution in [3.63, 3.8) is 0 Å². The molecule has 0 aliphatic carbocycles. The topological polar surface area (TPSA) is 49.4 Å². The van der Waals surface area contributed by atoms with Crippen LogP contribution < -0.4 is 5.32 Å². The summed E-state index contributed by atoms with van der Waals surface area (Å²) in [4.78, 5) is 24.9. The average Bonchev–Trinajstić information content (AvgIpc) is 2.36. The fourth-order valence-electron chi connectivity index (χ4n) is 1.69. The maximum Gasteiger partial charge on any atom is 0.257 e. The fourth-order valence-corrected chi connectivity index (χ4v) is 2.09. The Labute approximate surface area is 124 Å². The molecule has 2 amide bonds. The Hall–Kier alpha value is -1.50. The minimum Gasteiger partial charge on any atom is -0.343 e. The quantitative estimate of drug-likeness (QED) is 0.887. The van der Waals surface area contributed by atoms with Crippen LogP contribution in [0, 0.1) is 11.6 Å².